The monoisotopic (exact) mass is 301 g/mol. The molecule has 3 heteroatoms. The van der Waals surface area contributed by atoms with Crippen molar-refractivity contribution in [2.75, 3.05) is 7.05 Å². The molecule has 1 atom stereocenters. The zero-order chi connectivity index (χ0) is 14.1. The van der Waals surface area contributed by atoms with E-state index in [0.717, 1.165) is 5.02 Å². The van der Waals surface area contributed by atoms with Gasteiger partial charge in [-0.2, -0.15) is 0 Å². The highest BCUT2D eigenvalue weighted by molar-refractivity contribution is 7.17. The molecular formula is C17H16ClNS. The summed E-state index contributed by atoms with van der Waals surface area (Å²) in [4.78, 5) is 0. The molecule has 2 aromatic carbocycles. The van der Waals surface area contributed by atoms with Crippen LogP contribution < -0.4 is 5.32 Å². The number of thiophene rings is 1. The van der Waals surface area contributed by atoms with Gasteiger partial charge in [0.1, 0.15) is 0 Å². The normalized spacial score (nSPS) is 12.8. The molecule has 102 valence electrons. The van der Waals surface area contributed by atoms with Gasteiger partial charge < -0.3 is 5.32 Å². The Labute approximate surface area is 128 Å². The van der Waals surface area contributed by atoms with Crippen LogP contribution in [0.15, 0.2) is 47.8 Å². The molecule has 0 saturated heterocycles. The average molecular weight is 302 g/mol. The van der Waals surface area contributed by atoms with Gasteiger partial charge in [0.05, 0.1) is 6.04 Å². The van der Waals surface area contributed by atoms with Crippen molar-refractivity contribution < 1.29 is 0 Å². The van der Waals surface area contributed by atoms with Crippen LogP contribution in [0.4, 0.5) is 0 Å². The lowest BCUT2D eigenvalue weighted by Crippen LogP contribution is -2.18. The first-order chi connectivity index (χ1) is 9.70. The van der Waals surface area contributed by atoms with Gasteiger partial charge in [0.25, 0.3) is 0 Å². The van der Waals surface area contributed by atoms with Gasteiger partial charge in [0.2, 0.25) is 0 Å². The summed E-state index contributed by atoms with van der Waals surface area (Å²) in [6.07, 6.45) is 0. The minimum absolute atomic E-state index is 0.163. The Morgan fingerprint density at radius 3 is 2.75 bits per heavy atom. The molecule has 0 fully saturated rings. The van der Waals surface area contributed by atoms with Crippen molar-refractivity contribution >= 4 is 33.0 Å². The van der Waals surface area contributed by atoms with Gasteiger partial charge in [0.15, 0.2) is 0 Å². The van der Waals surface area contributed by atoms with Crippen LogP contribution in [0.25, 0.3) is 10.1 Å². The third kappa shape index (κ3) is 2.35. The molecule has 0 amide bonds. The fourth-order valence-corrected chi connectivity index (χ4v) is 3.77. The average Bonchev–Trinajstić information content (AvgIpc) is 2.92. The molecule has 1 aromatic heterocycles. The smallest absolute Gasteiger partial charge is 0.0591 e. The van der Waals surface area contributed by atoms with Crippen LogP contribution in [0, 0.1) is 6.92 Å². The lowest BCUT2D eigenvalue weighted by atomic mass is 9.94. The van der Waals surface area contributed by atoms with Crippen LogP contribution in [0.2, 0.25) is 5.02 Å². The maximum atomic E-state index is 6.18. The number of nitrogens with one attached hydrogen (secondary N) is 1. The van der Waals surface area contributed by atoms with Crippen LogP contribution in [0.1, 0.15) is 22.7 Å². The van der Waals surface area contributed by atoms with E-state index >= 15 is 0 Å². The molecule has 1 unspecified atom stereocenters. The summed E-state index contributed by atoms with van der Waals surface area (Å²) in [6, 6.07) is 14.9. The van der Waals surface area contributed by atoms with Gasteiger partial charge >= 0.3 is 0 Å². The molecule has 1 N–H and O–H groups in total. The lowest BCUT2D eigenvalue weighted by Gasteiger charge is -2.20. The van der Waals surface area contributed by atoms with Gasteiger partial charge in [-0.3, -0.25) is 0 Å². The van der Waals surface area contributed by atoms with Gasteiger partial charge in [-0.25, -0.2) is 0 Å². The van der Waals surface area contributed by atoms with Gasteiger partial charge in [-0.15, -0.1) is 11.3 Å². The van der Waals surface area contributed by atoms with E-state index in [1.54, 1.807) is 11.3 Å². The van der Waals surface area contributed by atoms with Crippen LogP contribution in [-0.4, -0.2) is 7.05 Å². The van der Waals surface area contributed by atoms with Crippen molar-refractivity contribution in [3.05, 3.63) is 69.6 Å². The van der Waals surface area contributed by atoms with Gasteiger partial charge in [0, 0.05) is 9.72 Å². The summed E-state index contributed by atoms with van der Waals surface area (Å²) in [7, 11) is 2.00. The molecule has 0 bridgehead atoms. The molecule has 3 rings (SSSR count). The first-order valence-electron chi connectivity index (χ1n) is 6.60. The van der Waals surface area contributed by atoms with E-state index in [-0.39, 0.29) is 6.04 Å². The van der Waals surface area contributed by atoms with E-state index in [0.29, 0.717) is 0 Å². The second kappa shape index (κ2) is 5.57. The molecule has 0 spiro atoms. The number of fused-ring (bicyclic) bond motifs is 1. The van der Waals surface area contributed by atoms with Crippen molar-refractivity contribution in [1.29, 1.82) is 0 Å². The predicted octanol–water partition coefficient (Wildman–Crippen LogP) is 5.17. The van der Waals surface area contributed by atoms with E-state index in [2.05, 4.69) is 54.0 Å². The standard InChI is InChI=1S/C17H16ClNS/c1-11-6-7-13(18)10-15(11)16(19-2)14-5-3-4-12-8-9-20-17(12)14/h3-10,16,19H,1-2H3. The van der Waals surface area contributed by atoms with E-state index in [9.17, 15) is 0 Å². The van der Waals surface area contributed by atoms with Crippen molar-refractivity contribution in [3.63, 3.8) is 0 Å². The number of benzene rings is 2. The highest BCUT2D eigenvalue weighted by atomic mass is 35.5. The van der Waals surface area contributed by atoms with Crippen LogP contribution in [-0.2, 0) is 0 Å². The van der Waals surface area contributed by atoms with Gasteiger partial charge in [-0.1, -0.05) is 35.9 Å². The minimum Gasteiger partial charge on any atom is -0.309 e. The number of hydrogen-bond donors (Lipinski definition) is 1. The second-order valence-electron chi connectivity index (χ2n) is 4.91. The molecule has 1 heterocycles. The first-order valence-corrected chi connectivity index (χ1v) is 7.86. The first kappa shape index (κ1) is 13.6. The fourth-order valence-electron chi connectivity index (χ4n) is 2.64. The van der Waals surface area contributed by atoms with E-state index in [1.807, 2.05) is 13.1 Å². The molecule has 0 radical (unpaired) electrons. The predicted molar refractivity (Wildman–Crippen MR) is 88.9 cm³/mol. The Kier molecular flexibility index (Phi) is 3.79. The number of aryl methyl sites for hydroxylation is 1. The summed E-state index contributed by atoms with van der Waals surface area (Å²) >= 11 is 7.97. The zero-order valence-corrected chi connectivity index (χ0v) is 13.1. The van der Waals surface area contributed by atoms with Crippen molar-refractivity contribution in [3.8, 4) is 0 Å². The third-order valence-corrected chi connectivity index (χ3v) is 4.88. The molecular weight excluding hydrogens is 286 g/mol. The second-order valence-corrected chi connectivity index (χ2v) is 6.26. The summed E-state index contributed by atoms with van der Waals surface area (Å²) in [5.74, 6) is 0. The van der Waals surface area contributed by atoms with Crippen molar-refractivity contribution in [1.82, 2.24) is 5.32 Å². The molecule has 3 aromatic rings. The molecule has 0 saturated carbocycles. The fraction of sp³-hybridized carbons (Fsp3) is 0.176. The van der Waals surface area contributed by atoms with Crippen LogP contribution in [0.5, 0.6) is 0 Å². The topological polar surface area (TPSA) is 12.0 Å². The highest BCUT2D eigenvalue weighted by Crippen LogP contribution is 2.34. The molecule has 1 nitrogen and oxygen atoms in total. The Morgan fingerprint density at radius 2 is 1.95 bits per heavy atom. The van der Waals surface area contributed by atoms with Crippen LogP contribution in [0.3, 0.4) is 0 Å². The summed E-state index contributed by atoms with van der Waals surface area (Å²) in [5, 5.41) is 7.66. The highest BCUT2D eigenvalue weighted by Gasteiger charge is 2.17. The van der Waals surface area contributed by atoms with Crippen molar-refractivity contribution in [2.45, 2.75) is 13.0 Å². The van der Waals surface area contributed by atoms with E-state index < -0.39 is 0 Å². The third-order valence-electron chi connectivity index (χ3n) is 3.66. The maximum Gasteiger partial charge on any atom is 0.0591 e. The number of rotatable bonds is 3. The van der Waals surface area contributed by atoms with Gasteiger partial charge in [-0.05, 0) is 59.6 Å². The number of halogens is 1. The molecule has 0 aliphatic rings. The Balaban J connectivity index is 2.19. The molecule has 0 aliphatic heterocycles. The lowest BCUT2D eigenvalue weighted by molar-refractivity contribution is 0.693. The largest absolute Gasteiger partial charge is 0.309 e. The number of hydrogen-bond acceptors (Lipinski definition) is 2. The molecule has 0 aliphatic carbocycles. The Bertz CT molecular complexity index is 748. The summed E-state index contributed by atoms with van der Waals surface area (Å²) in [5.41, 5.74) is 3.80. The summed E-state index contributed by atoms with van der Waals surface area (Å²) in [6.45, 7) is 2.13. The van der Waals surface area contributed by atoms with E-state index in [1.165, 1.54) is 26.8 Å². The Hall–Kier alpha value is -1.35. The summed E-state index contributed by atoms with van der Waals surface area (Å²) < 4.78 is 1.34. The molecule has 20 heavy (non-hydrogen) atoms. The van der Waals surface area contributed by atoms with Crippen LogP contribution >= 0.6 is 22.9 Å². The van der Waals surface area contributed by atoms with E-state index in [4.69, 9.17) is 11.6 Å². The zero-order valence-electron chi connectivity index (χ0n) is 11.5. The maximum absolute atomic E-state index is 6.18. The SMILES string of the molecule is CNC(c1cc(Cl)ccc1C)c1cccc2ccsc12. The van der Waals surface area contributed by atoms with Crippen molar-refractivity contribution in [2.24, 2.45) is 0 Å². The minimum atomic E-state index is 0.163. The Morgan fingerprint density at radius 1 is 1.10 bits per heavy atom. The quantitative estimate of drug-likeness (QED) is 0.703.